The predicted molar refractivity (Wildman–Crippen MR) is 87.9 cm³/mol. The average Bonchev–Trinajstić information content (AvgIpc) is 2.76. The lowest BCUT2D eigenvalue weighted by molar-refractivity contribution is -0.137. The van der Waals surface area contributed by atoms with Gasteiger partial charge in [-0.15, -0.1) is 0 Å². The lowest BCUT2D eigenvalue weighted by atomic mass is 10.1. The van der Waals surface area contributed by atoms with E-state index in [1.807, 2.05) is 6.92 Å². The number of amides is 3. The van der Waals surface area contributed by atoms with Crippen LogP contribution in [0.4, 0.5) is 5.82 Å². The third kappa shape index (κ3) is 4.54. The molecule has 1 aromatic rings. The molecule has 0 spiro atoms. The second-order valence-electron chi connectivity index (χ2n) is 7.02. The maximum atomic E-state index is 12.1. The topological polar surface area (TPSA) is 117 Å². The van der Waals surface area contributed by atoms with Crippen LogP contribution in [0.1, 0.15) is 46.1 Å². The molecule has 2 unspecified atom stereocenters. The van der Waals surface area contributed by atoms with E-state index < -0.39 is 23.6 Å². The zero-order chi connectivity index (χ0) is 18.1. The highest BCUT2D eigenvalue weighted by atomic mass is 16.2. The molecule has 0 aliphatic carbocycles. The van der Waals surface area contributed by atoms with Gasteiger partial charge in [-0.05, 0) is 34.6 Å². The van der Waals surface area contributed by atoms with Crippen molar-refractivity contribution in [3.8, 4) is 0 Å². The zero-order valence-electron chi connectivity index (χ0n) is 14.6. The van der Waals surface area contributed by atoms with Gasteiger partial charge in [0.25, 0.3) is 0 Å². The minimum atomic E-state index is -0.791. The van der Waals surface area contributed by atoms with Gasteiger partial charge >= 0.3 is 11.8 Å². The molecule has 2 atom stereocenters. The smallest absolute Gasteiger partial charge is 0.314 e. The van der Waals surface area contributed by atoms with E-state index in [9.17, 15) is 14.4 Å². The van der Waals surface area contributed by atoms with Crippen molar-refractivity contribution >= 4 is 23.5 Å². The number of nitrogens with zero attached hydrogens (tertiary/aromatic N) is 2. The highest BCUT2D eigenvalue weighted by Gasteiger charge is 2.28. The maximum absolute atomic E-state index is 12.1. The lowest BCUT2D eigenvalue weighted by Gasteiger charge is -2.30. The van der Waals surface area contributed by atoms with Gasteiger partial charge in [0, 0.05) is 24.1 Å². The summed E-state index contributed by atoms with van der Waals surface area (Å²) in [6.07, 6.45) is -0.220. The number of carbonyl (C=O) groups is 3. The van der Waals surface area contributed by atoms with E-state index >= 15 is 0 Å². The molecule has 0 radical (unpaired) electrons. The van der Waals surface area contributed by atoms with Crippen molar-refractivity contribution in [3.63, 3.8) is 0 Å². The molecule has 24 heavy (non-hydrogen) atoms. The van der Waals surface area contributed by atoms with Crippen LogP contribution in [0.15, 0.2) is 6.07 Å². The number of hydrogen-bond acceptors (Lipinski definition) is 5. The summed E-state index contributed by atoms with van der Waals surface area (Å²) < 4.78 is 1.45. The van der Waals surface area contributed by atoms with Crippen LogP contribution in [0.5, 0.6) is 0 Å². The van der Waals surface area contributed by atoms with E-state index in [2.05, 4.69) is 26.4 Å². The Hall–Kier alpha value is -2.42. The Morgan fingerprint density at radius 3 is 2.58 bits per heavy atom. The summed E-state index contributed by atoms with van der Waals surface area (Å²) in [6.45, 7) is 9.01. The molecule has 0 aromatic carbocycles. The Balaban J connectivity index is 2.15. The molecule has 0 bridgehead atoms. The van der Waals surface area contributed by atoms with Crippen molar-refractivity contribution in [2.24, 2.45) is 0 Å². The number of hydrogen-bond donors (Lipinski definition) is 4. The fraction of sp³-hybridized carbons (Fsp3) is 0.600. The standard InChI is InChI=1S/C15H24N6O3/c1-8-7-11(22)18-14(16-8)21-10(6-9(2)20-21)17-12(23)13(24)19-15(3,4)5/h6,8,14,16H,7H2,1-5H3,(H,17,23)(H,18,22)(H,19,24). The molecule has 1 aliphatic rings. The third-order valence-corrected chi connectivity index (χ3v) is 3.27. The molecule has 4 N–H and O–H groups in total. The predicted octanol–water partition coefficient (Wildman–Crippen LogP) is -0.00118. The van der Waals surface area contributed by atoms with Gasteiger partial charge in [0.05, 0.1) is 5.69 Å². The second-order valence-corrected chi connectivity index (χ2v) is 7.02. The van der Waals surface area contributed by atoms with Crippen LogP contribution in [0.3, 0.4) is 0 Å². The molecule has 1 fully saturated rings. The van der Waals surface area contributed by atoms with Crippen LogP contribution in [0.2, 0.25) is 0 Å². The molecule has 1 aromatic heterocycles. The van der Waals surface area contributed by atoms with Gasteiger partial charge in [-0.25, -0.2) is 4.68 Å². The molecular weight excluding hydrogens is 312 g/mol. The molecule has 1 aliphatic heterocycles. The van der Waals surface area contributed by atoms with Crippen LogP contribution in [-0.2, 0) is 14.4 Å². The summed E-state index contributed by atoms with van der Waals surface area (Å²) >= 11 is 0. The first-order valence-electron chi connectivity index (χ1n) is 7.80. The first kappa shape index (κ1) is 17.9. The van der Waals surface area contributed by atoms with Gasteiger partial charge < -0.3 is 16.0 Å². The number of aromatic nitrogens is 2. The SMILES string of the molecule is Cc1cc(NC(=O)C(=O)NC(C)(C)C)n(C2NC(=O)CC(C)N2)n1. The van der Waals surface area contributed by atoms with Gasteiger partial charge in [0.15, 0.2) is 6.29 Å². The van der Waals surface area contributed by atoms with E-state index in [-0.39, 0.29) is 11.9 Å². The fourth-order valence-electron chi connectivity index (χ4n) is 2.37. The summed E-state index contributed by atoms with van der Waals surface area (Å²) in [5.74, 6) is -1.31. The Morgan fingerprint density at radius 1 is 1.33 bits per heavy atom. The summed E-state index contributed by atoms with van der Waals surface area (Å²) in [5.41, 5.74) is 0.134. The molecule has 132 valence electrons. The highest BCUT2D eigenvalue weighted by molar-refractivity contribution is 6.39. The minimum Gasteiger partial charge on any atom is -0.343 e. The number of rotatable bonds is 2. The second kappa shape index (κ2) is 6.60. The van der Waals surface area contributed by atoms with Crippen molar-refractivity contribution in [1.29, 1.82) is 0 Å². The third-order valence-electron chi connectivity index (χ3n) is 3.27. The van der Waals surface area contributed by atoms with Crippen molar-refractivity contribution in [1.82, 2.24) is 25.7 Å². The van der Waals surface area contributed by atoms with Crippen LogP contribution in [-0.4, -0.2) is 39.1 Å². The van der Waals surface area contributed by atoms with Crippen molar-refractivity contribution in [2.45, 2.75) is 58.9 Å². The Morgan fingerprint density at radius 2 is 2.00 bits per heavy atom. The fourth-order valence-corrected chi connectivity index (χ4v) is 2.37. The molecule has 9 nitrogen and oxygen atoms in total. The first-order valence-corrected chi connectivity index (χ1v) is 7.80. The van der Waals surface area contributed by atoms with Gasteiger partial charge in [-0.2, -0.15) is 5.10 Å². The molecule has 2 rings (SSSR count). The summed E-state index contributed by atoms with van der Waals surface area (Å²) in [6, 6.07) is 1.61. The van der Waals surface area contributed by atoms with Crippen LogP contribution in [0.25, 0.3) is 0 Å². The zero-order valence-corrected chi connectivity index (χ0v) is 14.6. The monoisotopic (exact) mass is 336 g/mol. The van der Waals surface area contributed by atoms with Crippen LogP contribution in [0, 0.1) is 6.92 Å². The van der Waals surface area contributed by atoms with E-state index in [4.69, 9.17) is 0 Å². The summed E-state index contributed by atoms with van der Waals surface area (Å²) in [4.78, 5) is 35.7. The summed E-state index contributed by atoms with van der Waals surface area (Å²) in [7, 11) is 0. The number of aryl methyl sites for hydroxylation is 1. The van der Waals surface area contributed by atoms with Gasteiger partial charge in [0.1, 0.15) is 5.82 Å². The van der Waals surface area contributed by atoms with Gasteiger partial charge in [-0.3, -0.25) is 19.7 Å². The van der Waals surface area contributed by atoms with E-state index in [1.165, 1.54) is 4.68 Å². The number of carbonyl (C=O) groups excluding carboxylic acids is 3. The minimum absolute atomic E-state index is 0.0269. The molecule has 9 heteroatoms. The lowest BCUT2D eigenvalue weighted by Crippen LogP contribution is -2.52. The maximum Gasteiger partial charge on any atom is 0.314 e. The Bertz CT molecular complexity index is 661. The van der Waals surface area contributed by atoms with E-state index in [0.29, 0.717) is 17.9 Å². The van der Waals surface area contributed by atoms with E-state index in [0.717, 1.165) is 0 Å². The number of nitrogens with one attached hydrogen (secondary N) is 4. The Labute approximate surface area is 140 Å². The summed E-state index contributed by atoms with van der Waals surface area (Å²) in [5, 5.41) is 15.3. The number of anilines is 1. The molecule has 0 saturated carbocycles. The first-order chi connectivity index (χ1) is 11.0. The van der Waals surface area contributed by atoms with E-state index in [1.54, 1.807) is 33.8 Å². The van der Waals surface area contributed by atoms with Crippen molar-refractivity contribution in [2.75, 3.05) is 5.32 Å². The quantitative estimate of drug-likeness (QED) is 0.567. The van der Waals surface area contributed by atoms with Crippen LogP contribution < -0.4 is 21.3 Å². The Kier molecular flexibility index (Phi) is 4.93. The van der Waals surface area contributed by atoms with Crippen molar-refractivity contribution in [3.05, 3.63) is 11.8 Å². The normalized spacial score (nSPS) is 21.1. The highest BCUT2D eigenvalue weighted by Crippen LogP contribution is 2.17. The van der Waals surface area contributed by atoms with Gasteiger partial charge in [-0.1, -0.05) is 0 Å². The molecule has 2 heterocycles. The molecule has 3 amide bonds. The molecular formula is C15H24N6O3. The van der Waals surface area contributed by atoms with Gasteiger partial charge in [0.2, 0.25) is 5.91 Å². The van der Waals surface area contributed by atoms with Crippen LogP contribution >= 0.6 is 0 Å². The average molecular weight is 336 g/mol. The molecule has 1 saturated heterocycles. The van der Waals surface area contributed by atoms with Crippen molar-refractivity contribution < 1.29 is 14.4 Å². The largest absolute Gasteiger partial charge is 0.343 e.